The molecule has 0 atom stereocenters. The summed E-state index contributed by atoms with van der Waals surface area (Å²) >= 11 is 0. The summed E-state index contributed by atoms with van der Waals surface area (Å²) < 4.78 is 5.45. The number of nitrogens with zero attached hydrogens (tertiary/aromatic N) is 2. The molecule has 1 heterocycles. The number of aromatic amines is 1. The molecular formula is C19H18N4O2. The monoisotopic (exact) mass is 334 g/mol. The molecule has 3 aromatic rings. The summed E-state index contributed by atoms with van der Waals surface area (Å²) in [5, 5.41) is 4.13. The Morgan fingerprint density at radius 2 is 2.00 bits per heavy atom. The summed E-state index contributed by atoms with van der Waals surface area (Å²) in [5.74, 6) is 1.06. The van der Waals surface area contributed by atoms with Gasteiger partial charge in [-0.3, -0.25) is 9.78 Å². The summed E-state index contributed by atoms with van der Waals surface area (Å²) in [6.45, 7) is 2.54. The molecule has 0 amide bonds. The zero-order valence-electron chi connectivity index (χ0n) is 13.8. The van der Waals surface area contributed by atoms with Crippen molar-refractivity contribution >= 4 is 12.2 Å². The van der Waals surface area contributed by atoms with Crippen LogP contribution in [-0.4, -0.2) is 22.8 Å². The van der Waals surface area contributed by atoms with Crippen molar-refractivity contribution in [3.63, 3.8) is 0 Å². The Bertz CT molecular complexity index is 920. The Labute approximate surface area is 145 Å². The van der Waals surface area contributed by atoms with Crippen LogP contribution in [0.4, 0.5) is 5.95 Å². The minimum Gasteiger partial charge on any atom is -0.494 e. The van der Waals surface area contributed by atoms with E-state index >= 15 is 0 Å². The first-order valence-corrected chi connectivity index (χ1v) is 7.93. The third-order valence-corrected chi connectivity index (χ3v) is 3.36. The Morgan fingerprint density at radius 1 is 1.16 bits per heavy atom. The first-order valence-electron chi connectivity index (χ1n) is 7.93. The van der Waals surface area contributed by atoms with Gasteiger partial charge in [0, 0.05) is 11.6 Å². The maximum Gasteiger partial charge on any atom is 0.252 e. The quantitative estimate of drug-likeness (QED) is 0.535. The van der Waals surface area contributed by atoms with Gasteiger partial charge in [-0.1, -0.05) is 42.5 Å². The molecule has 0 fully saturated rings. The second kappa shape index (κ2) is 7.92. The van der Waals surface area contributed by atoms with Gasteiger partial charge < -0.3 is 4.74 Å². The normalized spacial score (nSPS) is 10.8. The molecule has 0 bridgehead atoms. The van der Waals surface area contributed by atoms with Crippen LogP contribution in [0.3, 0.4) is 0 Å². The van der Waals surface area contributed by atoms with Crippen molar-refractivity contribution < 1.29 is 4.74 Å². The fourth-order valence-electron chi connectivity index (χ4n) is 2.29. The molecule has 0 spiro atoms. The lowest BCUT2D eigenvalue weighted by molar-refractivity contribution is 0.340. The second-order valence-electron chi connectivity index (χ2n) is 5.22. The molecule has 25 heavy (non-hydrogen) atoms. The first-order chi connectivity index (χ1) is 12.2. The van der Waals surface area contributed by atoms with E-state index in [0.29, 0.717) is 12.3 Å². The maximum absolute atomic E-state index is 11.8. The van der Waals surface area contributed by atoms with Gasteiger partial charge in [-0.25, -0.2) is 10.4 Å². The Morgan fingerprint density at radius 3 is 2.80 bits per heavy atom. The second-order valence-corrected chi connectivity index (χ2v) is 5.22. The Kier molecular flexibility index (Phi) is 5.21. The summed E-state index contributed by atoms with van der Waals surface area (Å²) in [7, 11) is 0. The predicted molar refractivity (Wildman–Crippen MR) is 99.1 cm³/mol. The molecule has 0 saturated heterocycles. The van der Waals surface area contributed by atoms with Gasteiger partial charge in [0.2, 0.25) is 5.95 Å². The van der Waals surface area contributed by atoms with Crippen molar-refractivity contribution in [2.45, 2.75) is 6.92 Å². The summed E-state index contributed by atoms with van der Waals surface area (Å²) in [4.78, 5) is 18.8. The average Bonchev–Trinajstić information content (AvgIpc) is 2.63. The number of benzene rings is 2. The van der Waals surface area contributed by atoms with Crippen molar-refractivity contribution in [1.82, 2.24) is 9.97 Å². The van der Waals surface area contributed by atoms with Crippen molar-refractivity contribution in [3.8, 4) is 17.0 Å². The van der Waals surface area contributed by atoms with Gasteiger partial charge in [-0.05, 0) is 24.6 Å². The smallest absolute Gasteiger partial charge is 0.252 e. The van der Waals surface area contributed by atoms with Crippen LogP contribution in [-0.2, 0) is 0 Å². The molecule has 2 N–H and O–H groups in total. The number of H-pyrrole nitrogens is 1. The van der Waals surface area contributed by atoms with Crippen LogP contribution in [0.5, 0.6) is 5.75 Å². The SMILES string of the molecule is CCOc1cccc(/C=N/Nc2nc(-c3ccccc3)cc(=O)[nH]2)c1. The molecule has 126 valence electrons. The highest BCUT2D eigenvalue weighted by atomic mass is 16.5. The van der Waals surface area contributed by atoms with E-state index in [4.69, 9.17) is 4.74 Å². The molecule has 2 aromatic carbocycles. The molecule has 0 unspecified atom stereocenters. The third-order valence-electron chi connectivity index (χ3n) is 3.36. The molecule has 6 heteroatoms. The molecule has 0 aliphatic rings. The van der Waals surface area contributed by atoms with Crippen molar-refractivity contribution in [3.05, 3.63) is 76.6 Å². The van der Waals surface area contributed by atoms with Crippen LogP contribution >= 0.6 is 0 Å². The average molecular weight is 334 g/mol. The fraction of sp³-hybridized carbons (Fsp3) is 0.105. The Hall–Kier alpha value is -3.41. The zero-order valence-corrected chi connectivity index (χ0v) is 13.8. The zero-order chi connectivity index (χ0) is 17.5. The molecule has 3 rings (SSSR count). The number of hydrazone groups is 1. The van der Waals surface area contributed by atoms with Crippen LogP contribution in [0.15, 0.2) is 70.6 Å². The number of anilines is 1. The fourth-order valence-corrected chi connectivity index (χ4v) is 2.29. The summed E-state index contributed by atoms with van der Waals surface area (Å²) in [6, 6.07) is 18.5. The predicted octanol–water partition coefficient (Wildman–Crippen LogP) is 3.28. The largest absolute Gasteiger partial charge is 0.494 e. The van der Waals surface area contributed by atoms with E-state index in [1.54, 1.807) is 6.21 Å². The first kappa shape index (κ1) is 16.4. The van der Waals surface area contributed by atoms with E-state index in [0.717, 1.165) is 16.9 Å². The summed E-state index contributed by atoms with van der Waals surface area (Å²) in [6.07, 6.45) is 1.64. The molecule has 0 saturated carbocycles. The van der Waals surface area contributed by atoms with Crippen LogP contribution in [0, 0.1) is 0 Å². The van der Waals surface area contributed by atoms with Crippen molar-refractivity contribution in [1.29, 1.82) is 0 Å². The Balaban J connectivity index is 1.76. The van der Waals surface area contributed by atoms with Crippen LogP contribution in [0.2, 0.25) is 0 Å². The summed E-state index contributed by atoms with van der Waals surface area (Å²) in [5.41, 5.74) is 4.84. The van der Waals surface area contributed by atoms with Crippen LogP contribution in [0.25, 0.3) is 11.3 Å². The lowest BCUT2D eigenvalue weighted by Gasteiger charge is -2.04. The van der Waals surface area contributed by atoms with E-state index in [1.165, 1.54) is 6.07 Å². The number of nitrogens with one attached hydrogen (secondary N) is 2. The van der Waals surface area contributed by atoms with Gasteiger partial charge in [0.25, 0.3) is 5.56 Å². The van der Waals surface area contributed by atoms with Gasteiger partial charge in [0.05, 0.1) is 18.5 Å². The molecule has 6 nitrogen and oxygen atoms in total. The molecule has 0 radical (unpaired) electrons. The van der Waals surface area contributed by atoms with Gasteiger partial charge >= 0.3 is 0 Å². The third kappa shape index (κ3) is 4.54. The number of rotatable bonds is 6. The topological polar surface area (TPSA) is 79.4 Å². The van der Waals surface area contributed by atoms with E-state index in [1.807, 2.05) is 61.5 Å². The number of ether oxygens (including phenoxy) is 1. The molecular weight excluding hydrogens is 316 g/mol. The van der Waals surface area contributed by atoms with Gasteiger partial charge in [0.1, 0.15) is 5.75 Å². The number of hydrogen-bond donors (Lipinski definition) is 2. The minimum absolute atomic E-state index is 0.245. The van der Waals surface area contributed by atoms with Crippen LogP contribution in [0.1, 0.15) is 12.5 Å². The number of hydrogen-bond acceptors (Lipinski definition) is 5. The van der Waals surface area contributed by atoms with Gasteiger partial charge in [0.15, 0.2) is 0 Å². The van der Waals surface area contributed by atoms with Crippen LogP contribution < -0.4 is 15.7 Å². The lowest BCUT2D eigenvalue weighted by atomic mass is 10.1. The number of aromatic nitrogens is 2. The van der Waals surface area contributed by atoms with E-state index in [-0.39, 0.29) is 11.5 Å². The maximum atomic E-state index is 11.8. The highest BCUT2D eigenvalue weighted by molar-refractivity contribution is 5.80. The van der Waals surface area contributed by atoms with E-state index < -0.39 is 0 Å². The van der Waals surface area contributed by atoms with E-state index in [9.17, 15) is 4.79 Å². The minimum atomic E-state index is -0.245. The molecule has 0 aliphatic heterocycles. The molecule has 0 aliphatic carbocycles. The van der Waals surface area contributed by atoms with Gasteiger partial charge in [-0.2, -0.15) is 5.10 Å². The van der Waals surface area contributed by atoms with Crippen molar-refractivity contribution in [2.24, 2.45) is 5.10 Å². The standard InChI is InChI=1S/C19H18N4O2/c1-2-25-16-10-6-7-14(11-16)13-20-23-19-21-17(12-18(24)22-19)15-8-4-3-5-9-15/h3-13H,2H2,1H3,(H2,21,22,23,24)/b20-13+. The highest BCUT2D eigenvalue weighted by Crippen LogP contribution is 2.15. The van der Waals surface area contributed by atoms with Gasteiger partial charge in [-0.15, -0.1) is 0 Å². The highest BCUT2D eigenvalue weighted by Gasteiger charge is 2.03. The van der Waals surface area contributed by atoms with E-state index in [2.05, 4.69) is 20.5 Å². The van der Waals surface area contributed by atoms with Crippen molar-refractivity contribution in [2.75, 3.05) is 12.0 Å². The molecule has 1 aromatic heterocycles. The lowest BCUT2D eigenvalue weighted by Crippen LogP contribution is -2.10.